The van der Waals surface area contributed by atoms with Crippen LogP contribution in [0.2, 0.25) is 0 Å². The highest BCUT2D eigenvalue weighted by molar-refractivity contribution is 5.81. The van der Waals surface area contributed by atoms with Crippen molar-refractivity contribution in [3.05, 3.63) is 29.3 Å². The zero-order chi connectivity index (χ0) is 12.6. The molecule has 1 atom stereocenters. The van der Waals surface area contributed by atoms with Gasteiger partial charge in [-0.2, -0.15) is 0 Å². The van der Waals surface area contributed by atoms with Crippen molar-refractivity contribution < 1.29 is 4.79 Å². The van der Waals surface area contributed by atoms with Crippen LogP contribution in [-0.2, 0) is 17.9 Å². The summed E-state index contributed by atoms with van der Waals surface area (Å²) < 4.78 is 0. The van der Waals surface area contributed by atoms with Crippen LogP contribution >= 0.6 is 0 Å². The molecule has 0 saturated heterocycles. The Hall–Kier alpha value is -1.55. The number of carbonyl (C=O) groups is 1. The lowest BCUT2D eigenvalue weighted by atomic mass is 10.1. The predicted molar refractivity (Wildman–Crippen MR) is 68.3 cm³/mol. The maximum atomic E-state index is 11.9. The van der Waals surface area contributed by atoms with Crippen LogP contribution in [0.4, 0.5) is 5.69 Å². The van der Waals surface area contributed by atoms with Crippen LogP contribution in [0.25, 0.3) is 0 Å². The van der Waals surface area contributed by atoms with Crippen molar-refractivity contribution in [1.82, 2.24) is 9.80 Å². The van der Waals surface area contributed by atoms with Gasteiger partial charge in [0.15, 0.2) is 0 Å². The molecule has 2 rings (SSSR count). The van der Waals surface area contributed by atoms with Gasteiger partial charge in [-0.3, -0.25) is 9.69 Å². The first-order valence-electron chi connectivity index (χ1n) is 5.81. The Morgan fingerprint density at radius 3 is 2.65 bits per heavy atom. The van der Waals surface area contributed by atoms with Gasteiger partial charge in [-0.15, -0.1) is 0 Å². The Labute approximate surface area is 102 Å². The first-order valence-corrected chi connectivity index (χ1v) is 5.81. The van der Waals surface area contributed by atoms with Gasteiger partial charge >= 0.3 is 0 Å². The van der Waals surface area contributed by atoms with Gasteiger partial charge in [0.1, 0.15) is 0 Å². The van der Waals surface area contributed by atoms with E-state index in [2.05, 4.69) is 11.0 Å². The molecule has 0 saturated carbocycles. The molecule has 1 aromatic carbocycles. The van der Waals surface area contributed by atoms with Crippen molar-refractivity contribution in [3.8, 4) is 0 Å². The summed E-state index contributed by atoms with van der Waals surface area (Å²) in [6.07, 6.45) is 0. The first kappa shape index (κ1) is 11.9. The second-order valence-corrected chi connectivity index (χ2v) is 4.84. The summed E-state index contributed by atoms with van der Waals surface area (Å²) in [6.45, 7) is 3.59. The summed E-state index contributed by atoms with van der Waals surface area (Å²) in [5, 5.41) is 0. The fourth-order valence-electron chi connectivity index (χ4n) is 2.24. The summed E-state index contributed by atoms with van der Waals surface area (Å²) in [7, 11) is 3.58. The van der Waals surface area contributed by atoms with Gasteiger partial charge in [-0.1, -0.05) is 6.07 Å². The quantitative estimate of drug-likeness (QED) is 0.777. The number of anilines is 1. The van der Waals surface area contributed by atoms with E-state index < -0.39 is 0 Å². The average Bonchev–Trinajstić information content (AvgIpc) is 2.69. The first-order chi connectivity index (χ1) is 7.99. The molecule has 4 nitrogen and oxygen atoms in total. The molecule has 17 heavy (non-hydrogen) atoms. The molecule has 1 unspecified atom stereocenters. The number of nitrogens with zero attached hydrogens (tertiary/aromatic N) is 2. The van der Waals surface area contributed by atoms with Crippen LogP contribution in [0.3, 0.4) is 0 Å². The van der Waals surface area contributed by atoms with Crippen LogP contribution < -0.4 is 5.73 Å². The monoisotopic (exact) mass is 233 g/mol. The number of fused-ring (bicyclic) bond motifs is 1. The number of hydrogen-bond donors (Lipinski definition) is 1. The lowest BCUT2D eigenvalue weighted by Crippen LogP contribution is -2.42. The van der Waals surface area contributed by atoms with Gasteiger partial charge in [0.05, 0.1) is 6.04 Å². The highest BCUT2D eigenvalue weighted by Gasteiger charge is 2.28. The molecule has 0 aromatic heterocycles. The molecule has 1 heterocycles. The van der Waals surface area contributed by atoms with E-state index in [1.165, 1.54) is 11.1 Å². The number of amides is 1. The molecule has 0 bridgehead atoms. The minimum atomic E-state index is -0.0846. The minimum absolute atomic E-state index is 0.0846. The number of nitrogen functional groups attached to an aromatic ring is 1. The lowest BCUT2D eigenvalue weighted by molar-refractivity contribution is -0.134. The molecule has 1 aliphatic rings. The second kappa shape index (κ2) is 4.37. The van der Waals surface area contributed by atoms with E-state index in [1.54, 1.807) is 19.0 Å². The third-order valence-corrected chi connectivity index (χ3v) is 3.32. The molecule has 1 aliphatic heterocycles. The smallest absolute Gasteiger partial charge is 0.239 e. The standard InChI is InChI=1S/C13H19N3O/c1-9(13(17)15(2)3)16-7-10-4-5-12(14)6-11(10)8-16/h4-6,9H,7-8,14H2,1-3H3. The number of hydrogen-bond acceptors (Lipinski definition) is 3. The zero-order valence-corrected chi connectivity index (χ0v) is 10.6. The van der Waals surface area contributed by atoms with E-state index >= 15 is 0 Å². The van der Waals surface area contributed by atoms with Crippen LogP contribution in [0.1, 0.15) is 18.1 Å². The third-order valence-electron chi connectivity index (χ3n) is 3.32. The topological polar surface area (TPSA) is 49.6 Å². The number of rotatable bonds is 2. The van der Waals surface area contributed by atoms with E-state index in [-0.39, 0.29) is 11.9 Å². The van der Waals surface area contributed by atoms with Gasteiger partial charge in [0.25, 0.3) is 0 Å². The van der Waals surface area contributed by atoms with Crippen molar-refractivity contribution >= 4 is 11.6 Å². The number of likely N-dealkylation sites (N-methyl/N-ethyl adjacent to an activating group) is 1. The molecular weight excluding hydrogens is 214 g/mol. The van der Waals surface area contributed by atoms with Crippen molar-refractivity contribution in [2.45, 2.75) is 26.1 Å². The van der Waals surface area contributed by atoms with Gasteiger partial charge in [0.2, 0.25) is 5.91 Å². The summed E-state index contributed by atoms with van der Waals surface area (Å²) in [6, 6.07) is 5.89. The zero-order valence-electron chi connectivity index (χ0n) is 10.6. The summed E-state index contributed by atoms with van der Waals surface area (Å²) in [5.41, 5.74) is 9.07. The van der Waals surface area contributed by atoms with Gasteiger partial charge in [-0.25, -0.2) is 0 Å². The number of nitrogens with two attached hydrogens (primary N) is 1. The summed E-state index contributed by atoms with van der Waals surface area (Å²) in [4.78, 5) is 15.7. The van der Waals surface area contributed by atoms with Crippen LogP contribution in [0, 0.1) is 0 Å². The van der Waals surface area contributed by atoms with E-state index in [0.29, 0.717) is 0 Å². The molecule has 4 heteroatoms. The van der Waals surface area contributed by atoms with E-state index in [9.17, 15) is 4.79 Å². The van der Waals surface area contributed by atoms with Crippen molar-refractivity contribution in [1.29, 1.82) is 0 Å². The normalized spacial score (nSPS) is 16.6. The van der Waals surface area contributed by atoms with E-state index in [4.69, 9.17) is 5.73 Å². The minimum Gasteiger partial charge on any atom is -0.399 e. The maximum absolute atomic E-state index is 11.9. The molecule has 0 aliphatic carbocycles. The maximum Gasteiger partial charge on any atom is 0.239 e. The highest BCUT2D eigenvalue weighted by atomic mass is 16.2. The predicted octanol–water partition coefficient (Wildman–Crippen LogP) is 1.06. The summed E-state index contributed by atoms with van der Waals surface area (Å²) in [5.74, 6) is 0.144. The molecule has 0 fully saturated rings. The van der Waals surface area contributed by atoms with Gasteiger partial charge in [-0.05, 0) is 30.2 Å². The lowest BCUT2D eigenvalue weighted by Gasteiger charge is -2.25. The van der Waals surface area contributed by atoms with Crippen molar-refractivity contribution in [2.24, 2.45) is 0 Å². The number of benzene rings is 1. The Morgan fingerprint density at radius 2 is 2.00 bits per heavy atom. The van der Waals surface area contributed by atoms with Crippen molar-refractivity contribution in [2.75, 3.05) is 19.8 Å². The average molecular weight is 233 g/mol. The molecule has 92 valence electrons. The van der Waals surface area contributed by atoms with Crippen LogP contribution in [0.15, 0.2) is 18.2 Å². The number of carbonyl (C=O) groups excluding carboxylic acids is 1. The van der Waals surface area contributed by atoms with Crippen LogP contribution in [0.5, 0.6) is 0 Å². The molecular formula is C13H19N3O. The Kier molecular flexibility index (Phi) is 3.07. The molecule has 0 radical (unpaired) electrons. The van der Waals surface area contributed by atoms with Crippen LogP contribution in [-0.4, -0.2) is 35.8 Å². The Morgan fingerprint density at radius 1 is 1.35 bits per heavy atom. The van der Waals surface area contributed by atoms with E-state index in [1.807, 2.05) is 19.1 Å². The van der Waals surface area contributed by atoms with E-state index in [0.717, 1.165) is 18.8 Å². The second-order valence-electron chi connectivity index (χ2n) is 4.84. The largest absolute Gasteiger partial charge is 0.399 e. The van der Waals surface area contributed by atoms with Crippen molar-refractivity contribution in [3.63, 3.8) is 0 Å². The fourth-order valence-corrected chi connectivity index (χ4v) is 2.24. The Bertz CT molecular complexity index is 442. The third kappa shape index (κ3) is 2.26. The highest BCUT2D eigenvalue weighted by Crippen LogP contribution is 2.26. The fraction of sp³-hybridized carbons (Fsp3) is 0.462. The molecule has 1 amide bonds. The molecule has 0 spiro atoms. The summed E-state index contributed by atoms with van der Waals surface area (Å²) >= 11 is 0. The molecule has 2 N–H and O–H groups in total. The SMILES string of the molecule is CC(C(=O)N(C)C)N1Cc2ccc(N)cc2C1. The Balaban J connectivity index is 2.12. The molecule has 1 aromatic rings. The van der Waals surface area contributed by atoms with Gasteiger partial charge < -0.3 is 10.6 Å². The van der Waals surface area contributed by atoms with Gasteiger partial charge in [0, 0.05) is 32.9 Å².